The molecule has 0 aromatic heterocycles. The summed E-state index contributed by atoms with van der Waals surface area (Å²) in [5.74, 6) is 0.390. The van der Waals surface area contributed by atoms with Crippen molar-refractivity contribution in [2.45, 2.75) is 57.9 Å². The van der Waals surface area contributed by atoms with Gasteiger partial charge in [0, 0.05) is 13.1 Å². The summed E-state index contributed by atoms with van der Waals surface area (Å²) in [4.78, 5) is 13.0. The molecule has 2 aliphatic rings. The highest BCUT2D eigenvalue weighted by molar-refractivity contribution is 7.89. The SMILES string of the molecule is CCCS(=O)(=O)N1CCCC(C(=O)NC(c2ccccc2)C2CCCC2)C1. The molecule has 2 unspecified atom stereocenters. The lowest BCUT2D eigenvalue weighted by molar-refractivity contribution is -0.127. The van der Waals surface area contributed by atoms with Gasteiger partial charge in [-0.2, -0.15) is 0 Å². The Morgan fingerprint density at radius 3 is 2.52 bits per heavy atom. The van der Waals surface area contributed by atoms with Crippen LogP contribution in [0.2, 0.25) is 0 Å². The molecule has 1 N–H and O–H groups in total. The lowest BCUT2D eigenvalue weighted by atomic mass is 9.90. The molecule has 2 atom stereocenters. The van der Waals surface area contributed by atoms with E-state index in [0.29, 0.717) is 25.4 Å². The summed E-state index contributed by atoms with van der Waals surface area (Å²) in [5, 5.41) is 3.29. The molecule has 0 spiro atoms. The van der Waals surface area contributed by atoms with Crippen LogP contribution in [0.15, 0.2) is 30.3 Å². The highest BCUT2D eigenvalue weighted by Gasteiger charge is 2.34. The molecule has 0 radical (unpaired) electrons. The third kappa shape index (κ3) is 5.11. The number of amides is 1. The van der Waals surface area contributed by atoms with Gasteiger partial charge in [-0.15, -0.1) is 0 Å². The Morgan fingerprint density at radius 2 is 1.85 bits per heavy atom. The van der Waals surface area contributed by atoms with Gasteiger partial charge >= 0.3 is 0 Å². The van der Waals surface area contributed by atoms with E-state index in [0.717, 1.165) is 31.2 Å². The number of piperidine rings is 1. The van der Waals surface area contributed by atoms with E-state index in [2.05, 4.69) is 17.4 Å². The summed E-state index contributed by atoms with van der Waals surface area (Å²) < 4.78 is 26.3. The molecule has 1 amide bonds. The van der Waals surface area contributed by atoms with Crippen LogP contribution in [-0.4, -0.2) is 37.5 Å². The van der Waals surface area contributed by atoms with Crippen molar-refractivity contribution in [3.8, 4) is 0 Å². The third-order valence-electron chi connectivity index (χ3n) is 5.94. The number of hydrogen-bond acceptors (Lipinski definition) is 3. The van der Waals surface area contributed by atoms with Crippen LogP contribution in [0.3, 0.4) is 0 Å². The first-order chi connectivity index (χ1) is 13.0. The molecule has 3 rings (SSSR count). The second kappa shape index (κ2) is 9.20. The normalized spacial score (nSPS) is 23.2. The van der Waals surface area contributed by atoms with Gasteiger partial charge in [-0.3, -0.25) is 4.79 Å². The first-order valence-corrected chi connectivity index (χ1v) is 12.0. The van der Waals surface area contributed by atoms with Gasteiger partial charge in [0.15, 0.2) is 0 Å². The topological polar surface area (TPSA) is 66.5 Å². The van der Waals surface area contributed by atoms with Gasteiger partial charge in [-0.05, 0) is 43.6 Å². The molecule has 1 saturated carbocycles. The predicted octanol–water partition coefficient (Wildman–Crippen LogP) is 3.49. The van der Waals surface area contributed by atoms with E-state index in [1.807, 2.05) is 25.1 Å². The van der Waals surface area contributed by atoms with Gasteiger partial charge < -0.3 is 5.32 Å². The maximum absolute atomic E-state index is 13.0. The highest BCUT2D eigenvalue weighted by Crippen LogP contribution is 2.36. The monoisotopic (exact) mass is 392 g/mol. The Hall–Kier alpha value is -1.40. The smallest absolute Gasteiger partial charge is 0.224 e. The molecule has 1 aliphatic carbocycles. The van der Waals surface area contributed by atoms with Crippen LogP contribution < -0.4 is 5.32 Å². The maximum Gasteiger partial charge on any atom is 0.224 e. The highest BCUT2D eigenvalue weighted by atomic mass is 32.2. The van der Waals surface area contributed by atoms with Gasteiger partial charge in [0.25, 0.3) is 0 Å². The van der Waals surface area contributed by atoms with Crippen molar-refractivity contribution in [1.82, 2.24) is 9.62 Å². The fourth-order valence-electron chi connectivity index (χ4n) is 4.49. The molecular weight excluding hydrogens is 360 g/mol. The van der Waals surface area contributed by atoms with Crippen molar-refractivity contribution in [2.24, 2.45) is 11.8 Å². The van der Waals surface area contributed by atoms with Crippen LogP contribution in [0, 0.1) is 11.8 Å². The van der Waals surface area contributed by atoms with E-state index in [1.54, 1.807) is 0 Å². The predicted molar refractivity (Wildman–Crippen MR) is 108 cm³/mol. The van der Waals surface area contributed by atoms with E-state index < -0.39 is 10.0 Å². The number of rotatable bonds is 7. The summed E-state index contributed by atoms with van der Waals surface area (Å²) in [5.41, 5.74) is 1.16. The largest absolute Gasteiger partial charge is 0.349 e. The van der Waals surface area contributed by atoms with Crippen LogP contribution in [0.25, 0.3) is 0 Å². The molecule has 5 nitrogen and oxygen atoms in total. The average molecular weight is 393 g/mol. The molecule has 6 heteroatoms. The van der Waals surface area contributed by atoms with Crippen molar-refractivity contribution >= 4 is 15.9 Å². The van der Waals surface area contributed by atoms with Crippen LogP contribution in [0.5, 0.6) is 0 Å². The molecule has 1 aromatic carbocycles. The zero-order chi connectivity index (χ0) is 19.3. The minimum absolute atomic E-state index is 0.00662. The van der Waals surface area contributed by atoms with Crippen LogP contribution >= 0.6 is 0 Å². The summed E-state index contributed by atoms with van der Waals surface area (Å²) in [6.07, 6.45) is 6.83. The molecule has 150 valence electrons. The third-order valence-corrected chi connectivity index (χ3v) is 7.98. The number of carbonyl (C=O) groups excluding carboxylic acids is 1. The van der Waals surface area contributed by atoms with Crippen molar-refractivity contribution < 1.29 is 13.2 Å². The molecule has 2 fully saturated rings. The number of sulfonamides is 1. The molecule has 1 saturated heterocycles. The molecule has 1 aliphatic heterocycles. The van der Waals surface area contributed by atoms with Crippen LogP contribution in [0.4, 0.5) is 0 Å². The lowest BCUT2D eigenvalue weighted by Crippen LogP contribution is -2.47. The van der Waals surface area contributed by atoms with Crippen molar-refractivity contribution in [3.05, 3.63) is 35.9 Å². The molecular formula is C21H32N2O3S. The van der Waals surface area contributed by atoms with E-state index in [1.165, 1.54) is 17.1 Å². The molecule has 27 heavy (non-hydrogen) atoms. The maximum atomic E-state index is 13.0. The van der Waals surface area contributed by atoms with Crippen LogP contribution in [-0.2, 0) is 14.8 Å². The standard InChI is InChI=1S/C21H32N2O3S/c1-2-15-27(25,26)23-14-8-13-19(16-23)21(24)22-20(18-11-6-7-12-18)17-9-4-3-5-10-17/h3-5,9-10,18-20H,2,6-8,11-16H2,1H3,(H,22,24). The summed E-state index contributed by atoms with van der Waals surface area (Å²) in [6, 6.07) is 10.2. The van der Waals surface area contributed by atoms with Crippen molar-refractivity contribution in [2.75, 3.05) is 18.8 Å². The number of benzene rings is 1. The Balaban J connectivity index is 1.70. The Labute approximate surface area is 163 Å². The van der Waals surface area contributed by atoms with Crippen molar-refractivity contribution in [1.29, 1.82) is 0 Å². The second-order valence-electron chi connectivity index (χ2n) is 7.95. The summed E-state index contributed by atoms with van der Waals surface area (Å²) in [6.45, 7) is 2.73. The van der Waals surface area contributed by atoms with Gasteiger partial charge in [-0.25, -0.2) is 12.7 Å². The Bertz CT molecular complexity index is 714. The first-order valence-electron chi connectivity index (χ1n) is 10.3. The average Bonchev–Trinajstić information content (AvgIpc) is 3.21. The van der Waals surface area contributed by atoms with Crippen LogP contribution in [0.1, 0.15) is 63.5 Å². The van der Waals surface area contributed by atoms with Crippen molar-refractivity contribution in [3.63, 3.8) is 0 Å². The molecule has 1 aromatic rings. The molecule has 0 bridgehead atoms. The first kappa shape index (κ1) is 20.3. The Kier molecular flexibility index (Phi) is 6.93. The zero-order valence-corrected chi connectivity index (χ0v) is 17.1. The fourth-order valence-corrected chi connectivity index (χ4v) is 6.08. The quantitative estimate of drug-likeness (QED) is 0.772. The lowest BCUT2D eigenvalue weighted by Gasteiger charge is -2.33. The fraction of sp³-hybridized carbons (Fsp3) is 0.667. The number of nitrogens with zero attached hydrogens (tertiary/aromatic N) is 1. The summed E-state index contributed by atoms with van der Waals surface area (Å²) in [7, 11) is -3.24. The number of carbonyl (C=O) groups is 1. The van der Waals surface area contributed by atoms with E-state index in [9.17, 15) is 13.2 Å². The van der Waals surface area contributed by atoms with Gasteiger partial charge in [0.1, 0.15) is 0 Å². The van der Waals surface area contributed by atoms with Gasteiger partial charge in [0.05, 0.1) is 17.7 Å². The van der Waals surface area contributed by atoms with E-state index in [-0.39, 0.29) is 23.6 Å². The number of hydrogen-bond donors (Lipinski definition) is 1. The molecule has 1 heterocycles. The Morgan fingerprint density at radius 1 is 1.15 bits per heavy atom. The van der Waals surface area contributed by atoms with Gasteiger partial charge in [-0.1, -0.05) is 50.1 Å². The minimum atomic E-state index is -3.24. The second-order valence-corrected chi connectivity index (χ2v) is 10.0. The minimum Gasteiger partial charge on any atom is -0.349 e. The zero-order valence-electron chi connectivity index (χ0n) is 16.3. The van der Waals surface area contributed by atoms with E-state index >= 15 is 0 Å². The van der Waals surface area contributed by atoms with E-state index in [4.69, 9.17) is 0 Å². The van der Waals surface area contributed by atoms with Gasteiger partial charge in [0.2, 0.25) is 15.9 Å². The number of nitrogens with one attached hydrogen (secondary N) is 1. The summed E-state index contributed by atoms with van der Waals surface area (Å²) >= 11 is 0.